The molecule has 90 valence electrons. The van der Waals surface area contributed by atoms with E-state index in [-0.39, 0.29) is 6.54 Å². The fraction of sp³-hybridized carbons (Fsp3) is 0.900. The van der Waals surface area contributed by atoms with Gasteiger partial charge >= 0.3 is 5.97 Å². The van der Waals surface area contributed by atoms with Gasteiger partial charge in [-0.05, 0) is 13.0 Å². The van der Waals surface area contributed by atoms with Crippen LogP contribution in [0.3, 0.4) is 0 Å². The quantitative estimate of drug-likeness (QED) is 0.540. The molecule has 0 aromatic rings. The third kappa shape index (κ3) is 9.65. The first-order chi connectivity index (χ1) is 7.20. The molecule has 0 saturated carbocycles. The first kappa shape index (κ1) is 14.3. The zero-order valence-corrected chi connectivity index (χ0v) is 9.57. The van der Waals surface area contributed by atoms with Gasteiger partial charge < -0.3 is 14.6 Å². The van der Waals surface area contributed by atoms with Gasteiger partial charge in [-0.3, -0.25) is 9.69 Å². The summed E-state index contributed by atoms with van der Waals surface area (Å²) in [7, 11) is 1.63. The van der Waals surface area contributed by atoms with Crippen molar-refractivity contribution in [3.63, 3.8) is 0 Å². The maximum absolute atomic E-state index is 10.5. The Morgan fingerprint density at radius 3 is 2.60 bits per heavy atom. The van der Waals surface area contributed by atoms with Crippen molar-refractivity contribution >= 4 is 5.97 Å². The van der Waals surface area contributed by atoms with Crippen molar-refractivity contribution in [2.24, 2.45) is 0 Å². The summed E-state index contributed by atoms with van der Waals surface area (Å²) in [5, 5.41) is 8.60. The number of likely N-dealkylation sites (N-methyl/N-ethyl adjacent to an activating group) is 1. The third-order valence-corrected chi connectivity index (χ3v) is 2.00. The molecule has 15 heavy (non-hydrogen) atoms. The van der Waals surface area contributed by atoms with E-state index in [4.69, 9.17) is 14.6 Å². The standard InChI is InChI=1S/C10H21NO4/c1-3-11(9-10(12)13)5-4-6-15-8-7-14-2/h3-9H2,1-2H3,(H,12,13). The van der Waals surface area contributed by atoms with Gasteiger partial charge in [0.1, 0.15) is 0 Å². The molecule has 0 atom stereocenters. The lowest BCUT2D eigenvalue weighted by molar-refractivity contribution is -0.138. The van der Waals surface area contributed by atoms with Gasteiger partial charge in [-0.15, -0.1) is 0 Å². The second-order valence-corrected chi connectivity index (χ2v) is 3.22. The van der Waals surface area contributed by atoms with E-state index in [1.165, 1.54) is 0 Å². The molecule has 0 saturated heterocycles. The number of nitrogens with zero attached hydrogens (tertiary/aromatic N) is 1. The van der Waals surface area contributed by atoms with Gasteiger partial charge in [-0.2, -0.15) is 0 Å². The Bertz CT molecular complexity index is 164. The number of ether oxygens (including phenoxy) is 2. The van der Waals surface area contributed by atoms with E-state index in [1.807, 2.05) is 11.8 Å². The predicted octanol–water partition coefficient (Wildman–Crippen LogP) is 0.446. The fourth-order valence-corrected chi connectivity index (χ4v) is 1.17. The number of carboxylic acids is 1. The molecule has 0 fully saturated rings. The summed E-state index contributed by atoms with van der Waals surface area (Å²) in [6.07, 6.45) is 0.852. The third-order valence-electron chi connectivity index (χ3n) is 2.00. The molecule has 1 N–H and O–H groups in total. The molecule has 0 aromatic heterocycles. The number of carboxylic acid groups (broad SMARTS) is 1. The Kier molecular flexibility index (Phi) is 9.46. The zero-order chi connectivity index (χ0) is 11.5. The highest BCUT2D eigenvalue weighted by Crippen LogP contribution is 1.92. The van der Waals surface area contributed by atoms with Crippen LogP contribution in [0.5, 0.6) is 0 Å². The molecule has 0 amide bonds. The van der Waals surface area contributed by atoms with Gasteiger partial charge in [0.15, 0.2) is 0 Å². The van der Waals surface area contributed by atoms with Crippen molar-refractivity contribution in [1.82, 2.24) is 4.90 Å². The van der Waals surface area contributed by atoms with E-state index >= 15 is 0 Å². The average Bonchev–Trinajstić information content (AvgIpc) is 2.20. The molecule has 0 rings (SSSR count). The van der Waals surface area contributed by atoms with Crippen LogP contribution in [0.25, 0.3) is 0 Å². The highest BCUT2D eigenvalue weighted by molar-refractivity contribution is 5.69. The molecule has 0 heterocycles. The van der Waals surface area contributed by atoms with Crippen molar-refractivity contribution < 1.29 is 19.4 Å². The number of hydrogen-bond acceptors (Lipinski definition) is 4. The molecule has 0 bridgehead atoms. The number of methoxy groups -OCH3 is 1. The molecule has 0 aliphatic carbocycles. The lowest BCUT2D eigenvalue weighted by Crippen LogP contribution is -2.31. The Balaban J connectivity index is 3.34. The minimum absolute atomic E-state index is 0.106. The van der Waals surface area contributed by atoms with Crippen LogP contribution < -0.4 is 0 Å². The molecule has 0 aromatic carbocycles. The van der Waals surface area contributed by atoms with Gasteiger partial charge in [-0.25, -0.2) is 0 Å². The summed E-state index contributed by atoms with van der Waals surface area (Å²) in [5.74, 6) is -0.780. The van der Waals surface area contributed by atoms with Crippen molar-refractivity contribution in [2.45, 2.75) is 13.3 Å². The summed E-state index contributed by atoms with van der Waals surface area (Å²) in [5.41, 5.74) is 0. The van der Waals surface area contributed by atoms with Crippen LogP contribution in [0.2, 0.25) is 0 Å². The number of aliphatic carboxylic acids is 1. The van der Waals surface area contributed by atoms with Crippen molar-refractivity contribution in [1.29, 1.82) is 0 Å². The van der Waals surface area contributed by atoms with E-state index in [9.17, 15) is 4.79 Å². The fourth-order valence-electron chi connectivity index (χ4n) is 1.17. The monoisotopic (exact) mass is 219 g/mol. The normalized spacial score (nSPS) is 10.9. The molecule has 0 aliphatic heterocycles. The lowest BCUT2D eigenvalue weighted by Gasteiger charge is -2.17. The van der Waals surface area contributed by atoms with E-state index in [0.717, 1.165) is 19.5 Å². The predicted molar refractivity (Wildman–Crippen MR) is 57.1 cm³/mol. The lowest BCUT2D eigenvalue weighted by atomic mass is 10.4. The van der Waals surface area contributed by atoms with Crippen LogP contribution in [0.4, 0.5) is 0 Å². The first-order valence-corrected chi connectivity index (χ1v) is 5.21. The largest absolute Gasteiger partial charge is 0.480 e. The topological polar surface area (TPSA) is 59.0 Å². The molecule has 5 heteroatoms. The first-order valence-electron chi connectivity index (χ1n) is 5.21. The molecular weight excluding hydrogens is 198 g/mol. The highest BCUT2D eigenvalue weighted by atomic mass is 16.5. The second-order valence-electron chi connectivity index (χ2n) is 3.22. The van der Waals surface area contributed by atoms with Crippen LogP contribution in [-0.2, 0) is 14.3 Å². The Morgan fingerprint density at radius 1 is 1.33 bits per heavy atom. The molecule has 0 spiro atoms. The van der Waals surface area contributed by atoms with Gasteiger partial charge in [0, 0.05) is 20.3 Å². The van der Waals surface area contributed by atoms with Gasteiger partial charge in [-0.1, -0.05) is 6.92 Å². The van der Waals surface area contributed by atoms with Crippen LogP contribution in [-0.4, -0.2) is 62.5 Å². The van der Waals surface area contributed by atoms with Crippen LogP contribution in [0, 0.1) is 0 Å². The maximum atomic E-state index is 10.5. The van der Waals surface area contributed by atoms with E-state index < -0.39 is 5.97 Å². The van der Waals surface area contributed by atoms with Crippen LogP contribution >= 0.6 is 0 Å². The van der Waals surface area contributed by atoms with E-state index in [2.05, 4.69) is 0 Å². The summed E-state index contributed by atoms with van der Waals surface area (Å²) in [6.45, 7) is 5.43. The molecule has 5 nitrogen and oxygen atoms in total. The van der Waals surface area contributed by atoms with Crippen LogP contribution in [0.15, 0.2) is 0 Å². The summed E-state index contributed by atoms with van der Waals surface area (Å²) >= 11 is 0. The molecule has 0 unspecified atom stereocenters. The number of carbonyl (C=O) groups is 1. The molecule has 0 aliphatic rings. The summed E-state index contributed by atoms with van der Waals surface area (Å²) in [4.78, 5) is 12.3. The SMILES string of the molecule is CCN(CCCOCCOC)CC(=O)O. The molecular formula is C10H21NO4. The minimum Gasteiger partial charge on any atom is -0.480 e. The maximum Gasteiger partial charge on any atom is 0.317 e. The minimum atomic E-state index is -0.780. The zero-order valence-electron chi connectivity index (χ0n) is 9.57. The van der Waals surface area contributed by atoms with Gasteiger partial charge in [0.2, 0.25) is 0 Å². The summed E-state index contributed by atoms with van der Waals surface area (Å²) < 4.78 is 10.1. The second kappa shape index (κ2) is 9.89. The average molecular weight is 219 g/mol. The van der Waals surface area contributed by atoms with Gasteiger partial charge in [0.05, 0.1) is 19.8 Å². The summed E-state index contributed by atoms with van der Waals surface area (Å²) in [6, 6.07) is 0. The van der Waals surface area contributed by atoms with Crippen molar-refractivity contribution in [3.8, 4) is 0 Å². The van der Waals surface area contributed by atoms with Crippen molar-refractivity contribution in [2.75, 3.05) is 46.6 Å². The molecule has 0 radical (unpaired) electrons. The Morgan fingerprint density at radius 2 is 2.07 bits per heavy atom. The van der Waals surface area contributed by atoms with Gasteiger partial charge in [0.25, 0.3) is 0 Å². The van der Waals surface area contributed by atoms with Crippen molar-refractivity contribution in [3.05, 3.63) is 0 Å². The van der Waals surface area contributed by atoms with Crippen LogP contribution in [0.1, 0.15) is 13.3 Å². The number of hydrogen-bond donors (Lipinski definition) is 1. The Hall–Kier alpha value is -0.650. The number of rotatable bonds is 10. The van der Waals surface area contributed by atoms with E-state index in [1.54, 1.807) is 7.11 Å². The smallest absolute Gasteiger partial charge is 0.317 e. The highest BCUT2D eigenvalue weighted by Gasteiger charge is 2.06. The Labute approximate surface area is 91.0 Å². The van der Waals surface area contributed by atoms with E-state index in [0.29, 0.717) is 19.8 Å².